The zero-order chi connectivity index (χ0) is 20.1. The first kappa shape index (κ1) is 26.8. The molecule has 0 atom stereocenters. The summed E-state index contributed by atoms with van der Waals surface area (Å²) < 4.78 is 33.2. The summed E-state index contributed by atoms with van der Waals surface area (Å²) in [5, 5.41) is 3.28. The van der Waals surface area contributed by atoms with Gasteiger partial charge in [0.15, 0.2) is 0 Å². The van der Waals surface area contributed by atoms with Crippen molar-refractivity contribution >= 4 is 10.4 Å². The topological polar surface area (TPSA) is 75.6 Å². The van der Waals surface area contributed by atoms with Crippen LogP contribution >= 0.6 is 0 Å². The summed E-state index contributed by atoms with van der Waals surface area (Å²) >= 11 is 0. The first-order valence-corrected chi connectivity index (χ1v) is 12.8. The van der Waals surface area contributed by atoms with Crippen molar-refractivity contribution in [1.82, 2.24) is 5.32 Å². The Labute approximate surface area is 169 Å². The van der Waals surface area contributed by atoms with Crippen molar-refractivity contribution in [1.29, 1.82) is 0 Å². The number of rotatable bonds is 16. The van der Waals surface area contributed by atoms with Crippen LogP contribution in [0.2, 0.25) is 0 Å². The van der Waals surface area contributed by atoms with Crippen LogP contribution < -0.4 is 5.32 Å². The van der Waals surface area contributed by atoms with Gasteiger partial charge in [0.1, 0.15) is 0 Å². The van der Waals surface area contributed by atoms with Crippen molar-refractivity contribution in [2.45, 2.75) is 116 Å². The Hall–Kier alpha value is -0.170. The predicted octanol–water partition coefficient (Wildman–Crippen LogP) is 6.05. The molecule has 0 aromatic rings. The van der Waals surface area contributed by atoms with Crippen molar-refractivity contribution in [3.63, 3.8) is 0 Å². The molecule has 1 aliphatic heterocycles. The third kappa shape index (κ3) is 25.8. The summed E-state index contributed by atoms with van der Waals surface area (Å²) in [5.74, 6) is 0. The zero-order valence-electron chi connectivity index (χ0n) is 17.7. The maximum Gasteiger partial charge on any atom is 0.397 e. The Bertz CT molecular complexity index is 372. The summed E-state index contributed by atoms with van der Waals surface area (Å²) in [4.78, 5) is 0. The quantitative estimate of drug-likeness (QED) is 0.241. The molecule has 0 unspecified atom stereocenters. The molecule has 5 nitrogen and oxygen atoms in total. The van der Waals surface area contributed by atoms with E-state index in [1.165, 1.54) is 103 Å². The average molecular weight is 408 g/mol. The van der Waals surface area contributed by atoms with Crippen LogP contribution in [-0.2, 0) is 14.6 Å². The molecule has 0 aromatic heterocycles. The minimum Gasteiger partial charge on any atom is -0.317 e. The third-order valence-corrected chi connectivity index (χ3v) is 5.40. The van der Waals surface area contributed by atoms with Crippen LogP contribution in [0.5, 0.6) is 0 Å². The molecule has 6 heteroatoms. The molecule has 1 rings (SSSR count). The van der Waals surface area contributed by atoms with Crippen LogP contribution in [0.25, 0.3) is 0 Å². The normalized spacial score (nSPS) is 14.6. The largest absolute Gasteiger partial charge is 0.397 e. The molecule has 27 heavy (non-hydrogen) atoms. The number of hydrogen-bond donors (Lipinski definition) is 2. The minimum absolute atomic E-state index is 0.0941. The van der Waals surface area contributed by atoms with Gasteiger partial charge in [-0.3, -0.25) is 4.55 Å². The van der Waals surface area contributed by atoms with Gasteiger partial charge in [-0.25, -0.2) is 4.18 Å². The molecular weight excluding hydrogens is 362 g/mol. The highest BCUT2D eigenvalue weighted by Crippen LogP contribution is 2.13. The Morgan fingerprint density at radius 3 is 1.41 bits per heavy atom. The fourth-order valence-electron chi connectivity index (χ4n) is 3.26. The van der Waals surface area contributed by atoms with E-state index in [9.17, 15) is 8.42 Å². The molecule has 0 amide bonds. The SMILES string of the molecule is C1CCNCC1.CCCCCCCCCCCCCCCCOS(=O)(=O)O. The standard InChI is InChI=1S/C16H34O4S.C5H11N/c1-2-3-4-5-6-7-8-9-10-11-12-13-14-15-16-20-21(17,18)19;1-2-4-6-5-3-1/h2-16H2,1H3,(H,17,18,19);6H,1-5H2. The second-order valence-electron chi connectivity index (χ2n) is 7.66. The molecule has 0 bridgehead atoms. The molecule has 1 fully saturated rings. The summed E-state index contributed by atoms with van der Waals surface area (Å²) in [6, 6.07) is 0. The molecule has 2 N–H and O–H groups in total. The van der Waals surface area contributed by atoms with Crippen molar-refractivity contribution in [2.75, 3.05) is 19.7 Å². The van der Waals surface area contributed by atoms with Gasteiger partial charge in [-0.2, -0.15) is 8.42 Å². The molecular formula is C21H45NO4S. The van der Waals surface area contributed by atoms with E-state index in [2.05, 4.69) is 16.4 Å². The Kier molecular flexibility index (Phi) is 20.4. The van der Waals surface area contributed by atoms with E-state index in [0.717, 1.165) is 12.8 Å². The van der Waals surface area contributed by atoms with Crippen LogP contribution in [0, 0.1) is 0 Å². The highest BCUT2D eigenvalue weighted by molar-refractivity contribution is 7.80. The molecule has 0 aliphatic carbocycles. The van der Waals surface area contributed by atoms with Crippen molar-refractivity contribution < 1.29 is 17.2 Å². The molecule has 0 radical (unpaired) electrons. The van der Waals surface area contributed by atoms with Gasteiger partial charge in [-0.05, 0) is 32.4 Å². The molecule has 164 valence electrons. The van der Waals surface area contributed by atoms with Gasteiger partial charge in [-0.15, -0.1) is 0 Å². The molecule has 1 saturated heterocycles. The number of hydrogen-bond acceptors (Lipinski definition) is 4. The fourth-order valence-corrected chi connectivity index (χ4v) is 3.59. The number of piperidine rings is 1. The van der Waals surface area contributed by atoms with E-state index in [4.69, 9.17) is 4.55 Å². The fraction of sp³-hybridized carbons (Fsp3) is 1.00. The van der Waals surface area contributed by atoms with Gasteiger partial charge in [-0.1, -0.05) is 96.8 Å². The van der Waals surface area contributed by atoms with E-state index in [0.29, 0.717) is 6.42 Å². The van der Waals surface area contributed by atoms with Crippen LogP contribution in [0.15, 0.2) is 0 Å². The van der Waals surface area contributed by atoms with Gasteiger partial charge < -0.3 is 5.32 Å². The average Bonchev–Trinajstić information content (AvgIpc) is 2.66. The maximum atomic E-state index is 10.3. The van der Waals surface area contributed by atoms with E-state index in [1.807, 2.05) is 0 Å². The van der Waals surface area contributed by atoms with Gasteiger partial charge in [0.25, 0.3) is 0 Å². The molecule has 0 saturated carbocycles. The van der Waals surface area contributed by atoms with E-state index < -0.39 is 10.4 Å². The predicted molar refractivity (Wildman–Crippen MR) is 115 cm³/mol. The van der Waals surface area contributed by atoms with E-state index in [1.54, 1.807) is 0 Å². The molecule has 0 spiro atoms. The number of nitrogens with one attached hydrogen (secondary N) is 1. The summed E-state index contributed by atoms with van der Waals surface area (Å²) in [5.41, 5.74) is 0. The van der Waals surface area contributed by atoms with Crippen LogP contribution in [0.1, 0.15) is 116 Å². The van der Waals surface area contributed by atoms with Crippen LogP contribution in [0.3, 0.4) is 0 Å². The lowest BCUT2D eigenvalue weighted by Crippen LogP contribution is -2.21. The lowest BCUT2D eigenvalue weighted by Gasteiger charge is -2.08. The van der Waals surface area contributed by atoms with E-state index in [-0.39, 0.29) is 6.61 Å². The first-order chi connectivity index (χ1) is 13.1. The van der Waals surface area contributed by atoms with Crippen LogP contribution in [-0.4, -0.2) is 32.7 Å². The lowest BCUT2D eigenvalue weighted by atomic mass is 10.0. The maximum absolute atomic E-state index is 10.3. The molecule has 1 heterocycles. The van der Waals surface area contributed by atoms with E-state index >= 15 is 0 Å². The van der Waals surface area contributed by atoms with Crippen molar-refractivity contribution in [2.24, 2.45) is 0 Å². The Balaban J connectivity index is 0.000000941. The second kappa shape index (κ2) is 20.6. The zero-order valence-corrected chi connectivity index (χ0v) is 18.5. The minimum atomic E-state index is -4.24. The Morgan fingerprint density at radius 1 is 0.704 bits per heavy atom. The molecule has 0 aromatic carbocycles. The third-order valence-electron chi connectivity index (χ3n) is 4.94. The first-order valence-electron chi connectivity index (χ1n) is 11.4. The molecule has 1 aliphatic rings. The highest BCUT2D eigenvalue weighted by atomic mass is 32.3. The highest BCUT2D eigenvalue weighted by Gasteiger charge is 2.02. The Morgan fingerprint density at radius 2 is 1.11 bits per heavy atom. The van der Waals surface area contributed by atoms with Crippen molar-refractivity contribution in [3.8, 4) is 0 Å². The van der Waals surface area contributed by atoms with Gasteiger partial charge in [0.2, 0.25) is 0 Å². The summed E-state index contributed by atoms with van der Waals surface area (Å²) in [6.45, 7) is 4.85. The summed E-state index contributed by atoms with van der Waals surface area (Å²) in [7, 11) is -4.24. The van der Waals surface area contributed by atoms with Crippen molar-refractivity contribution in [3.05, 3.63) is 0 Å². The van der Waals surface area contributed by atoms with Gasteiger partial charge in [0.05, 0.1) is 6.61 Å². The van der Waals surface area contributed by atoms with Crippen LogP contribution in [0.4, 0.5) is 0 Å². The monoisotopic (exact) mass is 407 g/mol. The smallest absolute Gasteiger partial charge is 0.317 e. The summed E-state index contributed by atoms with van der Waals surface area (Å²) in [6.07, 6.45) is 21.8. The second-order valence-corrected chi connectivity index (χ2v) is 8.75. The number of unbranched alkanes of at least 4 members (excludes halogenated alkanes) is 13. The lowest BCUT2D eigenvalue weighted by molar-refractivity contribution is 0.261. The van der Waals surface area contributed by atoms with Gasteiger partial charge >= 0.3 is 10.4 Å². The van der Waals surface area contributed by atoms with Gasteiger partial charge in [0, 0.05) is 0 Å².